The molecule has 1 unspecified atom stereocenters. The minimum absolute atomic E-state index is 0.0122. The van der Waals surface area contributed by atoms with E-state index in [-0.39, 0.29) is 17.7 Å². The van der Waals surface area contributed by atoms with Crippen molar-refractivity contribution in [2.24, 2.45) is 5.92 Å². The van der Waals surface area contributed by atoms with Gasteiger partial charge in [0.25, 0.3) is 0 Å². The number of aromatic nitrogens is 3. The van der Waals surface area contributed by atoms with Crippen LogP contribution in [-0.4, -0.2) is 33.4 Å². The fourth-order valence-electron chi connectivity index (χ4n) is 4.14. The van der Waals surface area contributed by atoms with Crippen LogP contribution in [0.3, 0.4) is 0 Å². The second-order valence-corrected chi connectivity index (χ2v) is 9.41. The molecule has 1 amide bonds. The molecular weight excluding hydrogens is 420 g/mol. The Morgan fingerprint density at radius 3 is 2.66 bits per heavy atom. The van der Waals surface area contributed by atoms with E-state index < -0.39 is 0 Å². The van der Waals surface area contributed by atoms with Gasteiger partial charge in [-0.15, -0.1) is 10.2 Å². The van der Waals surface area contributed by atoms with Gasteiger partial charge in [0.2, 0.25) is 5.91 Å². The van der Waals surface area contributed by atoms with E-state index in [1.54, 1.807) is 7.11 Å². The van der Waals surface area contributed by atoms with E-state index in [4.69, 9.17) is 4.74 Å². The Hall–Kier alpha value is -3.06. The molecular formula is C25H26N4O2S. The fraction of sp³-hybridized carbons (Fsp3) is 0.320. The number of fused-ring (bicyclic) bond motifs is 3. The highest BCUT2D eigenvalue weighted by Gasteiger charge is 2.33. The minimum Gasteiger partial charge on any atom is -0.497 e. The third-order valence-corrected chi connectivity index (χ3v) is 6.98. The second-order valence-electron chi connectivity index (χ2n) is 8.47. The first-order valence-electron chi connectivity index (χ1n) is 10.8. The molecule has 2 aromatic carbocycles. The number of hydrogen-bond donors (Lipinski definition) is 1. The number of ether oxygens (including phenoxy) is 1. The molecule has 0 saturated heterocycles. The summed E-state index contributed by atoms with van der Waals surface area (Å²) in [5.74, 6) is 1.60. The summed E-state index contributed by atoms with van der Waals surface area (Å²) in [6.45, 7) is 4.14. The van der Waals surface area contributed by atoms with Gasteiger partial charge in [0.05, 0.1) is 24.4 Å². The average Bonchev–Trinajstić information content (AvgIpc) is 3.56. The van der Waals surface area contributed by atoms with E-state index in [1.807, 2.05) is 28.7 Å². The van der Waals surface area contributed by atoms with Crippen LogP contribution >= 0.6 is 11.8 Å². The molecule has 0 radical (unpaired) electrons. The highest BCUT2D eigenvalue weighted by Crippen LogP contribution is 2.41. The molecule has 1 N–H and O–H groups in total. The number of hydrogen-bond acceptors (Lipinski definition) is 5. The van der Waals surface area contributed by atoms with E-state index in [1.165, 1.54) is 22.9 Å². The Kier molecular flexibility index (Phi) is 5.51. The quantitative estimate of drug-likeness (QED) is 0.410. The van der Waals surface area contributed by atoms with Crippen LogP contribution in [0.25, 0.3) is 16.6 Å². The largest absolute Gasteiger partial charge is 0.497 e. The molecule has 5 rings (SSSR count). The maximum atomic E-state index is 12.9. The molecule has 1 atom stereocenters. The predicted molar refractivity (Wildman–Crippen MR) is 127 cm³/mol. The molecule has 1 fully saturated rings. The van der Waals surface area contributed by atoms with Gasteiger partial charge >= 0.3 is 0 Å². The van der Waals surface area contributed by atoms with Gasteiger partial charge in [-0.2, -0.15) is 0 Å². The van der Waals surface area contributed by atoms with Crippen molar-refractivity contribution in [2.75, 3.05) is 12.9 Å². The topological polar surface area (TPSA) is 68.5 Å². The number of nitrogens with zero attached hydrogens (tertiary/aromatic N) is 3. The number of aryl methyl sites for hydroxylation is 2. The van der Waals surface area contributed by atoms with Crippen LogP contribution < -0.4 is 10.1 Å². The number of methoxy groups -OCH3 is 1. The first-order chi connectivity index (χ1) is 15.5. The zero-order valence-electron chi connectivity index (χ0n) is 18.5. The molecule has 1 saturated carbocycles. The molecule has 1 aliphatic carbocycles. The van der Waals surface area contributed by atoms with Gasteiger partial charge in [0.15, 0.2) is 10.8 Å². The highest BCUT2D eigenvalue weighted by atomic mass is 32.2. The molecule has 1 aliphatic rings. The van der Waals surface area contributed by atoms with Crippen molar-refractivity contribution >= 4 is 34.2 Å². The third kappa shape index (κ3) is 4.05. The SMILES string of the molecule is COc1ccc2c(C)cc3nnc(SCC(=O)NC(c4ccc(C)cc4)C4CC4)n3c2c1. The zero-order valence-corrected chi connectivity index (χ0v) is 19.3. The molecule has 2 aromatic heterocycles. The number of rotatable bonds is 7. The van der Waals surface area contributed by atoms with Gasteiger partial charge in [-0.1, -0.05) is 41.6 Å². The molecule has 2 heterocycles. The number of thioether (sulfide) groups is 1. The van der Waals surface area contributed by atoms with Gasteiger partial charge in [-0.25, -0.2) is 0 Å². The number of carbonyl (C=O) groups is 1. The summed E-state index contributed by atoms with van der Waals surface area (Å²) in [4.78, 5) is 12.9. The van der Waals surface area contributed by atoms with E-state index in [0.29, 0.717) is 11.1 Å². The summed E-state index contributed by atoms with van der Waals surface area (Å²) in [7, 11) is 1.66. The summed E-state index contributed by atoms with van der Waals surface area (Å²) >= 11 is 1.41. The third-order valence-electron chi connectivity index (χ3n) is 6.05. The normalized spacial score (nSPS) is 14.6. The monoisotopic (exact) mass is 446 g/mol. The zero-order chi connectivity index (χ0) is 22.2. The van der Waals surface area contributed by atoms with Crippen LogP contribution in [0.2, 0.25) is 0 Å². The van der Waals surface area contributed by atoms with Crippen molar-refractivity contribution in [3.63, 3.8) is 0 Å². The highest BCUT2D eigenvalue weighted by molar-refractivity contribution is 7.99. The average molecular weight is 447 g/mol. The Labute approximate surface area is 191 Å². The van der Waals surface area contributed by atoms with Crippen molar-refractivity contribution in [3.05, 3.63) is 65.2 Å². The van der Waals surface area contributed by atoms with Crippen LogP contribution in [0.1, 0.15) is 35.6 Å². The Morgan fingerprint density at radius 2 is 1.94 bits per heavy atom. The van der Waals surface area contributed by atoms with Gasteiger partial charge in [0.1, 0.15) is 5.75 Å². The molecule has 0 aliphatic heterocycles. The van der Waals surface area contributed by atoms with Crippen LogP contribution in [0.15, 0.2) is 53.7 Å². The molecule has 6 nitrogen and oxygen atoms in total. The summed E-state index contributed by atoms with van der Waals surface area (Å²) in [5, 5.41) is 13.8. The number of nitrogens with one attached hydrogen (secondary N) is 1. The Bertz CT molecular complexity index is 1300. The van der Waals surface area contributed by atoms with Gasteiger partial charge in [-0.3, -0.25) is 9.20 Å². The molecule has 32 heavy (non-hydrogen) atoms. The first kappa shape index (κ1) is 20.8. The van der Waals surface area contributed by atoms with Crippen LogP contribution in [0.4, 0.5) is 0 Å². The van der Waals surface area contributed by atoms with Crippen molar-refractivity contribution in [1.82, 2.24) is 19.9 Å². The van der Waals surface area contributed by atoms with Gasteiger partial charge in [0, 0.05) is 11.5 Å². The van der Waals surface area contributed by atoms with Crippen molar-refractivity contribution < 1.29 is 9.53 Å². The molecule has 164 valence electrons. The molecule has 7 heteroatoms. The first-order valence-corrected chi connectivity index (χ1v) is 11.8. The summed E-state index contributed by atoms with van der Waals surface area (Å²) in [5.41, 5.74) is 5.27. The van der Waals surface area contributed by atoms with E-state index in [9.17, 15) is 4.79 Å². The molecule has 0 bridgehead atoms. The maximum Gasteiger partial charge on any atom is 0.230 e. The fourth-order valence-corrected chi connectivity index (χ4v) is 4.91. The van der Waals surface area contributed by atoms with Gasteiger partial charge in [-0.05, 0) is 61.9 Å². The maximum absolute atomic E-state index is 12.9. The van der Waals surface area contributed by atoms with Crippen molar-refractivity contribution in [2.45, 2.75) is 37.9 Å². The van der Waals surface area contributed by atoms with Crippen molar-refractivity contribution in [3.8, 4) is 5.75 Å². The standard InChI is InChI=1S/C25H26N4O2S/c1-15-4-6-17(7-5-15)24(18-8-9-18)26-23(30)14-32-25-28-27-22-12-16(2)20-11-10-19(31-3)13-21(20)29(22)25/h4-7,10-13,18,24H,8-9,14H2,1-3H3,(H,26,30). The smallest absolute Gasteiger partial charge is 0.230 e. The Morgan fingerprint density at radius 1 is 1.16 bits per heavy atom. The van der Waals surface area contributed by atoms with E-state index in [2.05, 4.69) is 53.6 Å². The minimum atomic E-state index is 0.0122. The number of carbonyl (C=O) groups excluding carboxylic acids is 1. The summed E-state index contributed by atoms with van der Waals surface area (Å²) in [6, 6.07) is 16.5. The predicted octanol–water partition coefficient (Wildman–Crippen LogP) is 4.87. The molecule has 0 spiro atoms. The number of pyridine rings is 1. The van der Waals surface area contributed by atoms with Crippen LogP contribution in [-0.2, 0) is 4.79 Å². The van der Waals surface area contributed by atoms with E-state index in [0.717, 1.165) is 40.7 Å². The Balaban J connectivity index is 1.37. The van der Waals surface area contributed by atoms with Crippen molar-refractivity contribution in [1.29, 1.82) is 0 Å². The number of amides is 1. The lowest BCUT2D eigenvalue weighted by molar-refractivity contribution is -0.119. The van der Waals surface area contributed by atoms with Crippen LogP contribution in [0, 0.1) is 19.8 Å². The lowest BCUT2D eigenvalue weighted by atomic mass is 10.0. The lowest BCUT2D eigenvalue weighted by Crippen LogP contribution is -2.31. The van der Waals surface area contributed by atoms with E-state index >= 15 is 0 Å². The molecule has 4 aromatic rings. The number of benzene rings is 2. The lowest BCUT2D eigenvalue weighted by Gasteiger charge is -2.19. The van der Waals surface area contributed by atoms with Crippen LogP contribution in [0.5, 0.6) is 5.75 Å². The summed E-state index contributed by atoms with van der Waals surface area (Å²) in [6.07, 6.45) is 2.32. The second kappa shape index (κ2) is 8.47. The van der Waals surface area contributed by atoms with Gasteiger partial charge < -0.3 is 10.1 Å². The summed E-state index contributed by atoms with van der Waals surface area (Å²) < 4.78 is 7.42.